The van der Waals surface area contributed by atoms with Gasteiger partial charge in [0.1, 0.15) is 24.0 Å². The Hall–Kier alpha value is -2.90. The molecule has 0 bridgehead atoms. The minimum atomic E-state index is -0.487. The fourth-order valence-electron chi connectivity index (χ4n) is 2.48. The smallest absolute Gasteiger partial charge is 0.359 e. The third kappa shape index (κ3) is 4.10. The summed E-state index contributed by atoms with van der Waals surface area (Å²) in [6.45, 7) is 0.418. The quantitative estimate of drug-likeness (QED) is 0.479. The minimum absolute atomic E-state index is 0.0808. The van der Waals surface area contributed by atoms with Crippen molar-refractivity contribution in [3.63, 3.8) is 0 Å². The van der Waals surface area contributed by atoms with Crippen LogP contribution in [0.1, 0.15) is 21.2 Å². The van der Waals surface area contributed by atoms with Crippen LogP contribution in [0.15, 0.2) is 53.9 Å². The predicted molar refractivity (Wildman–Crippen MR) is 103 cm³/mol. The van der Waals surface area contributed by atoms with Gasteiger partial charge in [0.25, 0.3) is 0 Å². The van der Waals surface area contributed by atoms with Gasteiger partial charge in [-0.2, -0.15) is 5.10 Å². The van der Waals surface area contributed by atoms with Crippen molar-refractivity contribution in [1.82, 2.24) is 15.2 Å². The maximum absolute atomic E-state index is 12.3. The molecule has 4 aromatic rings. The van der Waals surface area contributed by atoms with Gasteiger partial charge < -0.3 is 9.47 Å². The molecule has 0 saturated carbocycles. The number of fused-ring (bicyclic) bond motifs is 1. The molecule has 0 radical (unpaired) electrons. The van der Waals surface area contributed by atoms with E-state index < -0.39 is 5.97 Å². The molecule has 0 unspecified atom stereocenters. The number of halogens is 1. The van der Waals surface area contributed by atoms with E-state index in [1.807, 2.05) is 29.6 Å². The number of hydrogen-bond donors (Lipinski definition) is 1. The zero-order valence-corrected chi connectivity index (χ0v) is 15.6. The van der Waals surface area contributed by atoms with Crippen LogP contribution in [-0.2, 0) is 18.0 Å². The molecule has 0 amide bonds. The zero-order valence-electron chi connectivity index (χ0n) is 14.0. The van der Waals surface area contributed by atoms with Crippen LogP contribution in [0.4, 0.5) is 0 Å². The maximum atomic E-state index is 12.3. The molecule has 0 saturated heterocycles. The first kappa shape index (κ1) is 17.5. The number of nitrogens with one attached hydrogen (secondary N) is 1. The number of aromatic amines is 1. The van der Waals surface area contributed by atoms with Gasteiger partial charge in [0.05, 0.1) is 11.2 Å². The number of ether oxygens (including phenoxy) is 2. The van der Waals surface area contributed by atoms with E-state index in [2.05, 4.69) is 15.2 Å². The largest absolute Gasteiger partial charge is 0.486 e. The number of carbonyl (C=O) groups excluding carboxylic acids is 1. The fraction of sp³-hybridized carbons (Fsp3) is 0.105. The molecule has 8 heteroatoms. The number of para-hydroxylation sites is 1. The molecular weight excluding hydrogens is 386 g/mol. The summed E-state index contributed by atoms with van der Waals surface area (Å²) in [5.74, 6) is 0.229. The van der Waals surface area contributed by atoms with Gasteiger partial charge in [0.2, 0.25) is 0 Å². The molecule has 136 valence electrons. The van der Waals surface area contributed by atoms with E-state index in [0.29, 0.717) is 23.1 Å². The monoisotopic (exact) mass is 399 g/mol. The summed E-state index contributed by atoms with van der Waals surface area (Å²) in [7, 11) is 0. The van der Waals surface area contributed by atoms with E-state index in [0.717, 1.165) is 15.9 Å². The zero-order chi connectivity index (χ0) is 18.6. The van der Waals surface area contributed by atoms with Gasteiger partial charge in [-0.3, -0.25) is 5.10 Å². The van der Waals surface area contributed by atoms with Gasteiger partial charge in [-0.05, 0) is 30.3 Å². The summed E-state index contributed by atoms with van der Waals surface area (Å²) >= 11 is 7.30. The summed E-state index contributed by atoms with van der Waals surface area (Å²) in [5, 5.41) is 10.9. The first-order valence-electron chi connectivity index (χ1n) is 8.11. The Balaban J connectivity index is 1.34. The van der Waals surface area contributed by atoms with Crippen LogP contribution in [0, 0.1) is 0 Å². The number of nitrogens with zero attached hydrogens (tertiary/aromatic N) is 2. The lowest BCUT2D eigenvalue weighted by atomic mass is 10.2. The van der Waals surface area contributed by atoms with Crippen LogP contribution in [0.25, 0.3) is 10.9 Å². The average molecular weight is 400 g/mol. The standard InChI is InChI=1S/C19H14ClN3O3S/c20-12-5-7-14(8-6-12)25-10-17-21-13(11-27-17)9-26-19(24)18-15-3-1-2-4-16(15)22-23-18/h1-8,11H,9-10H2,(H,22,23). The van der Waals surface area contributed by atoms with E-state index in [4.69, 9.17) is 21.1 Å². The van der Waals surface area contributed by atoms with Gasteiger partial charge in [0, 0.05) is 15.8 Å². The number of benzene rings is 2. The van der Waals surface area contributed by atoms with Crippen LogP contribution in [0.2, 0.25) is 5.02 Å². The van der Waals surface area contributed by atoms with Crippen molar-refractivity contribution in [3.8, 4) is 5.75 Å². The average Bonchev–Trinajstić information content (AvgIpc) is 3.32. The Morgan fingerprint density at radius 2 is 1.93 bits per heavy atom. The molecule has 0 aliphatic heterocycles. The minimum Gasteiger partial charge on any atom is -0.486 e. The summed E-state index contributed by atoms with van der Waals surface area (Å²) < 4.78 is 11.0. The van der Waals surface area contributed by atoms with E-state index in [-0.39, 0.29) is 12.3 Å². The SMILES string of the molecule is O=C(OCc1csc(COc2ccc(Cl)cc2)n1)c1n[nH]c2ccccc12. The molecular formula is C19H14ClN3O3S. The van der Waals surface area contributed by atoms with Gasteiger partial charge in [-0.25, -0.2) is 9.78 Å². The van der Waals surface area contributed by atoms with E-state index in [1.54, 1.807) is 24.3 Å². The molecule has 4 rings (SSSR count). The molecule has 2 heterocycles. The molecule has 0 fully saturated rings. The Labute approximate surface area is 163 Å². The van der Waals surface area contributed by atoms with Crippen LogP contribution in [0.3, 0.4) is 0 Å². The van der Waals surface area contributed by atoms with Crippen molar-refractivity contribution < 1.29 is 14.3 Å². The van der Waals surface area contributed by atoms with Crippen molar-refractivity contribution in [2.45, 2.75) is 13.2 Å². The number of esters is 1. The number of H-pyrrole nitrogens is 1. The number of carbonyl (C=O) groups is 1. The fourth-order valence-corrected chi connectivity index (χ4v) is 3.30. The number of thiazole rings is 1. The maximum Gasteiger partial charge on any atom is 0.359 e. The molecule has 27 heavy (non-hydrogen) atoms. The van der Waals surface area contributed by atoms with Crippen LogP contribution < -0.4 is 4.74 Å². The van der Waals surface area contributed by atoms with E-state index in [1.165, 1.54) is 11.3 Å². The summed E-state index contributed by atoms with van der Waals surface area (Å²) in [6.07, 6.45) is 0. The highest BCUT2D eigenvalue weighted by Crippen LogP contribution is 2.19. The Morgan fingerprint density at radius 1 is 1.11 bits per heavy atom. The second-order valence-electron chi connectivity index (χ2n) is 5.67. The van der Waals surface area contributed by atoms with Crippen molar-refractivity contribution >= 4 is 39.8 Å². The molecule has 2 aromatic heterocycles. The van der Waals surface area contributed by atoms with E-state index >= 15 is 0 Å². The van der Waals surface area contributed by atoms with Gasteiger partial charge >= 0.3 is 5.97 Å². The van der Waals surface area contributed by atoms with Crippen molar-refractivity contribution in [1.29, 1.82) is 0 Å². The topological polar surface area (TPSA) is 77.1 Å². The summed E-state index contributed by atoms with van der Waals surface area (Å²) in [5.41, 5.74) is 1.73. The van der Waals surface area contributed by atoms with Crippen molar-refractivity contribution in [2.24, 2.45) is 0 Å². The van der Waals surface area contributed by atoms with Crippen molar-refractivity contribution in [2.75, 3.05) is 0 Å². The number of aromatic nitrogens is 3. The predicted octanol–water partition coefficient (Wildman–Crippen LogP) is 4.61. The molecule has 0 spiro atoms. The highest BCUT2D eigenvalue weighted by Gasteiger charge is 2.16. The highest BCUT2D eigenvalue weighted by atomic mass is 35.5. The summed E-state index contributed by atoms with van der Waals surface area (Å²) in [4.78, 5) is 16.7. The molecule has 0 aliphatic carbocycles. The van der Waals surface area contributed by atoms with Crippen LogP contribution in [-0.4, -0.2) is 21.2 Å². The lowest BCUT2D eigenvalue weighted by Crippen LogP contribution is -2.06. The normalized spacial score (nSPS) is 10.9. The third-order valence-electron chi connectivity index (χ3n) is 3.79. The van der Waals surface area contributed by atoms with Gasteiger partial charge in [0.15, 0.2) is 5.69 Å². The second kappa shape index (κ2) is 7.77. The van der Waals surface area contributed by atoms with Gasteiger partial charge in [-0.1, -0.05) is 29.8 Å². The molecule has 1 N–H and O–H groups in total. The molecule has 6 nitrogen and oxygen atoms in total. The summed E-state index contributed by atoms with van der Waals surface area (Å²) in [6, 6.07) is 14.5. The second-order valence-corrected chi connectivity index (χ2v) is 7.05. The Bertz CT molecular complexity index is 1080. The molecule has 2 aromatic carbocycles. The van der Waals surface area contributed by atoms with Crippen molar-refractivity contribution in [3.05, 3.63) is 75.3 Å². The first-order valence-corrected chi connectivity index (χ1v) is 9.37. The third-order valence-corrected chi connectivity index (χ3v) is 4.91. The Kier molecular flexibility index (Phi) is 5.04. The molecule has 0 atom stereocenters. The van der Waals surface area contributed by atoms with Crippen LogP contribution in [0.5, 0.6) is 5.75 Å². The van der Waals surface area contributed by atoms with Crippen LogP contribution >= 0.6 is 22.9 Å². The first-order chi connectivity index (χ1) is 13.2. The van der Waals surface area contributed by atoms with Gasteiger partial charge in [-0.15, -0.1) is 11.3 Å². The lowest BCUT2D eigenvalue weighted by molar-refractivity contribution is 0.0463. The lowest BCUT2D eigenvalue weighted by Gasteiger charge is -2.03. The highest BCUT2D eigenvalue weighted by molar-refractivity contribution is 7.09. The van der Waals surface area contributed by atoms with E-state index in [9.17, 15) is 4.79 Å². The molecule has 0 aliphatic rings. The number of rotatable bonds is 6. The Morgan fingerprint density at radius 3 is 2.78 bits per heavy atom. The number of hydrogen-bond acceptors (Lipinski definition) is 6.